The van der Waals surface area contributed by atoms with Gasteiger partial charge in [0.25, 0.3) is 0 Å². The largest absolute Gasteiger partial charge is 0.469 e. The zero-order valence-corrected chi connectivity index (χ0v) is 10.6. The van der Waals surface area contributed by atoms with E-state index in [1.807, 2.05) is 37.3 Å². The van der Waals surface area contributed by atoms with Crippen molar-refractivity contribution in [2.45, 2.75) is 19.4 Å². The van der Waals surface area contributed by atoms with E-state index >= 15 is 0 Å². The molecule has 0 aliphatic carbocycles. The molecule has 0 saturated carbocycles. The summed E-state index contributed by atoms with van der Waals surface area (Å²) >= 11 is 3.38. The molecular formula is C13H13BrO2. The van der Waals surface area contributed by atoms with E-state index in [9.17, 15) is 5.11 Å². The van der Waals surface area contributed by atoms with Gasteiger partial charge in [0.15, 0.2) is 0 Å². The van der Waals surface area contributed by atoms with Gasteiger partial charge in [-0.3, -0.25) is 0 Å². The minimum Gasteiger partial charge on any atom is -0.469 e. The Bertz CT molecular complexity index is 459. The molecular weight excluding hydrogens is 268 g/mol. The third kappa shape index (κ3) is 2.54. The van der Waals surface area contributed by atoms with E-state index < -0.39 is 6.10 Å². The Morgan fingerprint density at radius 3 is 2.50 bits per heavy atom. The summed E-state index contributed by atoms with van der Waals surface area (Å²) in [6, 6.07) is 9.78. The van der Waals surface area contributed by atoms with Crippen molar-refractivity contribution in [2.24, 2.45) is 0 Å². The molecule has 1 aromatic carbocycles. The van der Waals surface area contributed by atoms with E-state index in [0.717, 1.165) is 21.4 Å². The third-order valence-electron chi connectivity index (χ3n) is 2.60. The first-order chi connectivity index (χ1) is 7.66. The summed E-state index contributed by atoms with van der Waals surface area (Å²) in [6.07, 6.45) is 1.71. The van der Waals surface area contributed by atoms with E-state index in [-0.39, 0.29) is 0 Å². The lowest BCUT2D eigenvalue weighted by Gasteiger charge is -2.09. The van der Waals surface area contributed by atoms with Crippen LogP contribution in [0.1, 0.15) is 23.0 Å². The molecule has 16 heavy (non-hydrogen) atoms. The number of aliphatic hydroxyl groups excluding tert-OH is 1. The Morgan fingerprint density at radius 2 is 1.94 bits per heavy atom. The summed E-state index contributed by atoms with van der Waals surface area (Å²) in [6.45, 7) is 1.86. The molecule has 0 saturated heterocycles. The smallest absolute Gasteiger partial charge is 0.106 e. The summed E-state index contributed by atoms with van der Waals surface area (Å²) in [7, 11) is 0. The SMILES string of the molecule is Cc1occc1C(O)Cc1ccc(Br)cc1. The van der Waals surface area contributed by atoms with E-state index in [1.54, 1.807) is 6.26 Å². The van der Waals surface area contributed by atoms with Crippen molar-refractivity contribution in [3.05, 3.63) is 58.0 Å². The summed E-state index contributed by atoms with van der Waals surface area (Å²) < 4.78 is 6.22. The van der Waals surface area contributed by atoms with Gasteiger partial charge in [0.05, 0.1) is 12.4 Å². The summed E-state index contributed by atoms with van der Waals surface area (Å²) in [5.74, 6) is 0.782. The first-order valence-corrected chi connectivity index (χ1v) is 5.92. The van der Waals surface area contributed by atoms with E-state index in [4.69, 9.17) is 4.42 Å². The molecule has 1 aromatic heterocycles. The van der Waals surface area contributed by atoms with Crippen LogP contribution in [-0.4, -0.2) is 5.11 Å². The number of hydrogen-bond acceptors (Lipinski definition) is 2. The first-order valence-electron chi connectivity index (χ1n) is 5.13. The molecule has 0 bridgehead atoms. The number of rotatable bonds is 3. The van der Waals surface area contributed by atoms with E-state index in [2.05, 4.69) is 15.9 Å². The Labute approximate surface area is 103 Å². The molecule has 0 amide bonds. The molecule has 3 heteroatoms. The molecule has 0 radical (unpaired) electrons. The van der Waals surface area contributed by atoms with Gasteiger partial charge in [-0.15, -0.1) is 0 Å². The average molecular weight is 281 g/mol. The quantitative estimate of drug-likeness (QED) is 0.932. The molecule has 0 spiro atoms. The van der Waals surface area contributed by atoms with Crippen LogP contribution in [0.15, 0.2) is 45.5 Å². The van der Waals surface area contributed by atoms with Gasteiger partial charge in [0.1, 0.15) is 5.76 Å². The highest BCUT2D eigenvalue weighted by Crippen LogP contribution is 2.23. The molecule has 2 aromatic rings. The fourth-order valence-electron chi connectivity index (χ4n) is 1.69. The maximum absolute atomic E-state index is 10.0. The highest BCUT2D eigenvalue weighted by Gasteiger charge is 2.12. The van der Waals surface area contributed by atoms with Gasteiger partial charge in [-0.2, -0.15) is 0 Å². The molecule has 0 aliphatic rings. The monoisotopic (exact) mass is 280 g/mol. The number of hydrogen-bond donors (Lipinski definition) is 1. The van der Waals surface area contributed by atoms with Gasteiger partial charge >= 0.3 is 0 Å². The lowest BCUT2D eigenvalue weighted by Crippen LogP contribution is -2.01. The summed E-state index contributed by atoms with van der Waals surface area (Å²) in [4.78, 5) is 0. The molecule has 0 aliphatic heterocycles. The van der Waals surface area contributed by atoms with Crippen molar-refractivity contribution in [1.82, 2.24) is 0 Å². The fourth-order valence-corrected chi connectivity index (χ4v) is 1.96. The maximum Gasteiger partial charge on any atom is 0.106 e. The number of aliphatic hydroxyl groups is 1. The second-order valence-corrected chi connectivity index (χ2v) is 4.69. The number of halogens is 1. The lowest BCUT2D eigenvalue weighted by atomic mass is 10.0. The standard InChI is InChI=1S/C13H13BrO2/c1-9-12(6-7-16-9)13(15)8-10-2-4-11(14)5-3-10/h2-7,13,15H,8H2,1H3. The van der Waals surface area contributed by atoms with Gasteiger partial charge in [-0.1, -0.05) is 28.1 Å². The van der Waals surface area contributed by atoms with Crippen LogP contribution in [-0.2, 0) is 6.42 Å². The van der Waals surface area contributed by atoms with Gasteiger partial charge in [0, 0.05) is 16.5 Å². The predicted molar refractivity (Wildman–Crippen MR) is 66.3 cm³/mol. The Morgan fingerprint density at radius 1 is 1.25 bits per heavy atom. The molecule has 1 atom stereocenters. The zero-order valence-electron chi connectivity index (χ0n) is 8.98. The maximum atomic E-state index is 10.0. The van der Waals surface area contributed by atoms with Gasteiger partial charge in [0.2, 0.25) is 0 Å². The predicted octanol–water partition coefficient (Wildman–Crippen LogP) is 3.63. The molecule has 1 N–H and O–H groups in total. The Balaban J connectivity index is 2.10. The van der Waals surface area contributed by atoms with Gasteiger partial charge in [-0.05, 0) is 30.7 Å². The minimum atomic E-state index is -0.500. The lowest BCUT2D eigenvalue weighted by molar-refractivity contribution is 0.176. The normalized spacial score (nSPS) is 12.7. The van der Waals surface area contributed by atoms with Crippen LogP contribution in [0.25, 0.3) is 0 Å². The molecule has 1 heterocycles. The summed E-state index contributed by atoms with van der Waals surface area (Å²) in [5, 5.41) is 10.0. The van der Waals surface area contributed by atoms with Crippen LogP contribution in [0.3, 0.4) is 0 Å². The molecule has 0 fully saturated rings. The van der Waals surface area contributed by atoms with Crippen molar-refractivity contribution in [3.63, 3.8) is 0 Å². The van der Waals surface area contributed by atoms with Crippen molar-refractivity contribution >= 4 is 15.9 Å². The Kier molecular flexibility index (Phi) is 3.46. The molecule has 2 nitrogen and oxygen atoms in total. The second kappa shape index (κ2) is 4.85. The van der Waals surface area contributed by atoms with Crippen LogP contribution in [0.5, 0.6) is 0 Å². The van der Waals surface area contributed by atoms with Crippen molar-refractivity contribution in [1.29, 1.82) is 0 Å². The third-order valence-corrected chi connectivity index (χ3v) is 3.13. The number of benzene rings is 1. The number of aryl methyl sites for hydroxylation is 1. The highest BCUT2D eigenvalue weighted by atomic mass is 79.9. The minimum absolute atomic E-state index is 0.500. The van der Waals surface area contributed by atoms with Gasteiger partial charge < -0.3 is 9.52 Å². The number of furan rings is 1. The van der Waals surface area contributed by atoms with Gasteiger partial charge in [-0.25, -0.2) is 0 Å². The van der Waals surface area contributed by atoms with E-state index in [1.165, 1.54) is 0 Å². The Hall–Kier alpha value is -1.06. The second-order valence-electron chi connectivity index (χ2n) is 3.78. The van der Waals surface area contributed by atoms with Crippen molar-refractivity contribution < 1.29 is 9.52 Å². The van der Waals surface area contributed by atoms with Crippen molar-refractivity contribution in [3.8, 4) is 0 Å². The molecule has 1 unspecified atom stereocenters. The highest BCUT2D eigenvalue weighted by molar-refractivity contribution is 9.10. The van der Waals surface area contributed by atoms with E-state index in [0.29, 0.717) is 6.42 Å². The van der Waals surface area contributed by atoms with Crippen LogP contribution < -0.4 is 0 Å². The van der Waals surface area contributed by atoms with Crippen LogP contribution in [0.4, 0.5) is 0 Å². The van der Waals surface area contributed by atoms with Crippen molar-refractivity contribution in [2.75, 3.05) is 0 Å². The zero-order chi connectivity index (χ0) is 11.5. The van der Waals surface area contributed by atoms with Crippen LogP contribution >= 0.6 is 15.9 Å². The topological polar surface area (TPSA) is 33.4 Å². The average Bonchev–Trinajstić information content (AvgIpc) is 2.68. The van der Waals surface area contributed by atoms with Crippen LogP contribution in [0, 0.1) is 6.92 Å². The molecule has 84 valence electrons. The summed E-state index contributed by atoms with van der Waals surface area (Å²) in [5.41, 5.74) is 1.97. The first kappa shape index (κ1) is 11.4. The molecule has 2 rings (SSSR count). The van der Waals surface area contributed by atoms with Crippen LogP contribution in [0.2, 0.25) is 0 Å². The fraction of sp³-hybridized carbons (Fsp3) is 0.231.